The molecule has 4 rings (SSSR count). The van der Waals surface area contributed by atoms with E-state index in [0.29, 0.717) is 13.1 Å². The van der Waals surface area contributed by atoms with Crippen molar-refractivity contribution in [3.63, 3.8) is 0 Å². The van der Waals surface area contributed by atoms with Crippen LogP contribution in [0.1, 0.15) is 51.7 Å². The highest BCUT2D eigenvalue weighted by atomic mass is 35.5. The molecule has 0 atom stereocenters. The average Bonchev–Trinajstić information content (AvgIpc) is 3.13. The van der Waals surface area contributed by atoms with Crippen LogP contribution in [0.25, 0.3) is 12.2 Å². The third kappa shape index (κ3) is 13.7. The third-order valence-electron chi connectivity index (χ3n) is 8.41. The van der Waals surface area contributed by atoms with E-state index in [9.17, 15) is 25.9 Å². The third-order valence-corrected chi connectivity index (χ3v) is 10.6. The minimum Gasteiger partial charge on any atom is -0.354 e. The highest BCUT2D eigenvalue weighted by molar-refractivity contribution is 7.86. The van der Waals surface area contributed by atoms with Crippen LogP contribution in [0, 0.1) is 0 Å². The minimum absolute atomic E-state index is 0.00253. The van der Waals surface area contributed by atoms with E-state index in [0.717, 1.165) is 64.2 Å². The van der Waals surface area contributed by atoms with Crippen LogP contribution in [0.15, 0.2) is 46.2 Å². The van der Waals surface area contributed by atoms with E-state index < -0.39 is 30.0 Å². The summed E-state index contributed by atoms with van der Waals surface area (Å²) in [4.78, 5) is 28.4. The minimum atomic E-state index is -4.80. The number of halogens is 2. The van der Waals surface area contributed by atoms with Gasteiger partial charge in [0.15, 0.2) is 0 Å². The Morgan fingerprint density at radius 3 is 1.29 bits per heavy atom. The maximum absolute atomic E-state index is 12.5. The van der Waals surface area contributed by atoms with Crippen LogP contribution in [0.4, 0.5) is 35.2 Å². The van der Waals surface area contributed by atoms with Crippen molar-refractivity contribution in [1.29, 1.82) is 0 Å². The predicted molar refractivity (Wildman–Crippen MR) is 219 cm³/mol. The van der Waals surface area contributed by atoms with Crippen molar-refractivity contribution in [1.82, 2.24) is 39.7 Å². The first-order valence-electron chi connectivity index (χ1n) is 17.8. The quantitative estimate of drug-likeness (QED) is 0.0311. The Kier molecular flexibility index (Phi) is 16.5. The molecule has 304 valence electrons. The van der Waals surface area contributed by atoms with Crippen molar-refractivity contribution in [2.24, 2.45) is 0 Å². The van der Waals surface area contributed by atoms with Crippen molar-refractivity contribution in [3.05, 3.63) is 58.1 Å². The largest absolute Gasteiger partial charge is 0.354 e. The zero-order valence-electron chi connectivity index (χ0n) is 31.4. The molecule has 2 aromatic carbocycles. The van der Waals surface area contributed by atoms with E-state index >= 15 is 0 Å². The molecule has 0 saturated carbocycles. The summed E-state index contributed by atoms with van der Waals surface area (Å²) in [5.74, 6) is 0.469. The molecular weight excluding hydrogens is 807 g/mol. The summed E-state index contributed by atoms with van der Waals surface area (Å²) < 4.78 is 70.1. The SMILES string of the molecule is CCN(CC)CCCNc1nc(Cl)nc(Nc2ccc(/C=C/c3ccc(Nc4nc(Cl)nc(NCCCN(CC)CC)n4)cc3S(=O)(=O)O)c(S(=O)(=O)O)c2)n1. The Hall–Kier alpha value is -4.28. The van der Waals surface area contributed by atoms with Gasteiger partial charge in [0.25, 0.3) is 20.2 Å². The van der Waals surface area contributed by atoms with Gasteiger partial charge in [0.2, 0.25) is 34.4 Å². The van der Waals surface area contributed by atoms with Crippen LogP contribution in [-0.2, 0) is 20.2 Å². The van der Waals surface area contributed by atoms with Gasteiger partial charge in [0.05, 0.1) is 0 Å². The molecule has 4 aromatic rings. The number of nitrogens with one attached hydrogen (secondary N) is 4. The summed E-state index contributed by atoms with van der Waals surface area (Å²) in [6.45, 7) is 15.1. The second kappa shape index (κ2) is 20.8. The number of aromatic nitrogens is 6. The number of nitrogens with zero attached hydrogens (tertiary/aromatic N) is 8. The van der Waals surface area contributed by atoms with E-state index in [4.69, 9.17) is 23.2 Å². The molecule has 6 N–H and O–H groups in total. The molecule has 0 aliphatic rings. The van der Waals surface area contributed by atoms with E-state index in [-0.39, 0.29) is 56.9 Å². The molecule has 0 amide bonds. The lowest BCUT2D eigenvalue weighted by Gasteiger charge is -2.17. The fourth-order valence-corrected chi connectivity index (χ4v) is 7.18. The summed E-state index contributed by atoms with van der Waals surface area (Å²) in [6, 6.07) is 8.03. The number of benzene rings is 2. The lowest BCUT2D eigenvalue weighted by molar-refractivity contribution is 0.303. The molecule has 0 fully saturated rings. The first-order valence-corrected chi connectivity index (χ1v) is 21.5. The molecule has 0 aliphatic carbocycles. The van der Waals surface area contributed by atoms with Crippen molar-refractivity contribution < 1.29 is 25.9 Å². The molecule has 18 nitrogen and oxygen atoms in total. The van der Waals surface area contributed by atoms with Crippen molar-refractivity contribution in [2.75, 3.05) is 73.6 Å². The maximum atomic E-state index is 12.5. The highest BCUT2D eigenvalue weighted by Gasteiger charge is 2.19. The van der Waals surface area contributed by atoms with E-state index in [1.807, 2.05) is 0 Å². The first-order chi connectivity index (χ1) is 26.6. The lowest BCUT2D eigenvalue weighted by Crippen LogP contribution is -2.25. The Balaban J connectivity index is 1.52. The van der Waals surface area contributed by atoms with Gasteiger partial charge in [-0.25, -0.2) is 0 Å². The van der Waals surface area contributed by atoms with Gasteiger partial charge in [-0.1, -0.05) is 52.0 Å². The number of hydrogen-bond acceptors (Lipinski definition) is 16. The van der Waals surface area contributed by atoms with Crippen LogP contribution < -0.4 is 21.3 Å². The van der Waals surface area contributed by atoms with Crippen molar-refractivity contribution >= 4 is 90.8 Å². The van der Waals surface area contributed by atoms with E-state index in [1.54, 1.807) is 0 Å². The number of hydrogen-bond donors (Lipinski definition) is 6. The molecule has 0 radical (unpaired) electrons. The monoisotopic (exact) mass is 852 g/mol. The van der Waals surface area contributed by atoms with E-state index in [2.05, 4.69) is 88.7 Å². The fraction of sp³-hybridized carbons (Fsp3) is 0.412. The molecule has 0 bridgehead atoms. The van der Waals surface area contributed by atoms with Crippen LogP contribution in [0.3, 0.4) is 0 Å². The van der Waals surface area contributed by atoms with Gasteiger partial charge in [0, 0.05) is 24.5 Å². The van der Waals surface area contributed by atoms with Gasteiger partial charge in [-0.3, -0.25) is 9.11 Å². The molecule has 22 heteroatoms. The summed E-state index contributed by atoms with van der Waals surface area (Å²) in [5, 5.41) is 11.7. The summed E-state index contributed by atoms with van der Waals surface area (Å²) in [6.07, 6.45) is 4.21. The topological polar surface area (TPSA) is 241 Å². The second-order valence-corrected chi connectivity index (χ2v) is 15.6. The number of rotatable bonds is 22. The van der Waals surface area contributed by atoms with Crippen LogP contribution >= 0.6 is 23.2 Å². The summed E-state index contributed by atoms with van der Waals surface area (Å²) >= 11 is 12.2. The summed E-state index contributed by atoms with van der Waals surface area (Å²) in [5.41, 5.74) is 0.385. The predicted octanol–water partition coefficient (Wildman–Crippen LogP) is 5.80. The molecule has 0 saturated heterocycles. The van der Waals surface area contributed by atoms with Crippen LogP contribution in [0.2, 0.25) is 10.6 Å². The summed E-state index contributed by atoms with van der Waals surface area (Å²) in [7, 11) is -9.60. The van der Waals surface area contributed by atoms with Gasteiger partial charge in [-0.15, -0.1) is 0 Å². The smallest absolute Gasteiger partial charge is 0.295 e. The average molecular weight is 854 g/mol. The first kappa shape index (κ1) is 44.4. The van der Waals surface area contributed by atoms with Crippen LogP contribution in [0.5, 0.6) is 0 Å². The van der Waals surface area contributed by atoms with Crippen LogP contribution in [-0.4, -0.2) is 118 Å². The lowest BCUT2D eigenvalue weighted by atomic mass is 10.1. The second-order valence-electron chi connectivity index (χ2n) is 12.2. The molecule has 56 heavy (non-hydrogen) atoms. The normalized spacial score (nSPS) is 12.1. The standard InChI is InChI=1S/C34H46Cl2N12O6S2/c1-5-47(6-2)19-9-17-37-31-41-29(35)43-33(45-31)39-25-15-13-23(27(21-25)55(49,50)51)11-12-24-14-16-26(22-28(24)56(52,53)54)40-34-44-30(36)42-32(46-34)38-18-10-20-48(7-3)8-4/h11-16,21-22H,5-10,17-20H2,1-4H3,(H,49,50,51)(H,52,53,54)(H2,37,39,41,43,45)(H2,38,40,42,44,46)/b12-11+. The molecule has 2 aromatic heterocycles. The maximum Gasteiger partial charge on any atom is 0.295 e. The fourth-order valence-electron chi connectivity index (χ4n) is 5.44. The molecule has 0 aliphatic heterocycles. The number of anilines is 6. The Morgan fingerprint density at radius 2 is 0.946 bits per heavy atom. The zero-order chi connectivity index (χ0) is 40.9. The molecule has 0 unspecified atom stereocenters. The van der Waals surface area contributed by atoms with Gasteiger partial charge in [0.1, 0.15) is 9.79 Å². The molecule has 2 heterocycles. The van der Waals surface area contributed by atoms with Crippen molar-refractivity contribution in [2.45, 2.75) is 50.3 Å². The van der Waals surface area contributed by atoms with Gasteiger partial charge >= 0.3 is 0 Å². The Labute approximate surface area is 337 Å². The zero-order valence-corrected chi connectivity index (χ0v) is 34.5. The molecule has 0 spiro atoms. The van der Waals surface area contributed by atoms with Gasteiger partial charge < -0.3 is 31.1 Å². The van der Waals surface area contributed by atoms with Gasteiger partial charge in [-0.2, -0.15) is 46.7 Å². The Bertz CT molecular complexity index is 2040. The van der Waals surface area contributed by atoms with Crippen molar-refractivity contribution in [3.8, 4) is 0 Å². The Morgan fingerprint density at radius 1 is 0.589 bits per heavy atom. The highest BCUT2D eigenvalue weighted by Crippen LogP contribution is 2.28. The van der Waals surface area contributed by atoms with Gasteiger partial charge in [-0.05, 0) is 111 Å². The van der Waals surface area contributed by atoms with E-state index in [1.165, 1.54) is 36.4 Å². The molecular formula is C34H46Cl2N12O6S2.